The fraction of sp³-hybridized carbons (Fsp3) is 0.188. The summed E-state index contributed by atoms with van der Waals surface area (Å²) in [5.74, 6) is 0. The molecule has 5 nitrogen and oxygen atoms in total. The molecular formula is C16H17N3O2S2. The molecule has 0 saturated carbocycles. The molecule has 0 saturated heterocycles. The Morgan fingerprint density at radius 2 is 2.00 bits per heavy atom. The van der Waals surface area contributed by atoms with Crippen LogP contribution in [0.2, 0.25) is 0 Å². The van der Waals surface area contributed by atoms with Gasteiger partial charge >= 0.3 is 0 Å². The number of nitrogens with zero attached hydrogens (tertiary/aromatic N) is 2. The Morgan fingerprint density at radius 1 is 1.17 bits per heavy atom. The lowest BCUT2D eigenvalue weighted by molar-refractivity contribution is 0.603. The van der Waals surface area contributed by atoms with Gasteiger partial charge in [0.15, 0.2) is 0 Å². The van der Waals surface area contributed by atoms with Gasteiger partial charge in [-0.1, -0.05) is 18.2 Å². The second-order valence-electron chi connectivity index (χ2n) is 5.32. The smallest absolute Gasteiger partial charge is 0.271 e. The molecule has 1 N–H and O–H groups in total. The monoisotopic (exact) mass is 347 g/mol. The summed E-state index contributed by atoms with van der Waals surface area (Å²) in [7, 11) is -3.52. The van der Waals surface area contributed by atoms with Gasteiger partial charge < -0.3 is 0 Å². The normalized spacial score (nSPS) is 11.6. The quantitative estimate of drug-likeness (QED) is 0.769. The Labute approximate surface area is 139 Å². The molecule has 0 aliphatic heterocycles. The van der Waals surface area contributed by atoms with E-state index in [1.165, 1.54) is 11.3 Å². The number of rotatable bonds is 5. The van der Waals surface area contributed by atoms with Gasteiger partial charge in [-0.3, -0.25) is 9.40 Å². The Hall–Kier alpha value is -2.12. The number of hydrogen-bond donors (Lipinski definition) is 1. The third kappa shape index (κ3) is 3.62. The SMILES string of the molecule is Cc1cc(C)n(Cc2cccc(NS(=O)(=O)c3cccs3)c2)n1. The average Bonchev–Trinajstić information content (AvgIpc) is 3.10. The van der Waals surface area contributed by atoms with E-state index in [-0.39, 0.29) is 0 Å². The number of sulfonamides is 1. The van der Waals surface area contributed by atoms with Crippen molar-refractivity contribution >= 4 is 27.0 Å². The van der Waals surface area contributed by atoms with Crippen molar-refractivity contribution in [1.29, 1.82) is 0 Å². The minimum absolute atomic E-state index is 0.307. The summed E-state index contributed by atoms with van der Waals surface area (Å²) in [5.41, 5.74) is 3.59. The average molecular weight is 347 g/mol. The molecule has 0 unspecified atom stereocenters. The van der Waals surface area contributed by atoms with E-state index in [0.717, 1.165) is 17.0 Å². The molecule has 120 valence electrons. The maximum atomic E-state index is 12.3. The van der Waals surface area contributed by atoms with E-state index in [4.69, 9.17) is 0 Å². The first-order valence-corrected chi connectivity index (χ1v) is 9.47. The van der Waals surface area contributed by atoms with Gasteiger partial charge in [0, 0.05) is 11.4 Å². The molecule has 2 heterocycles. The number of thiophene rings is 1. The van der Waals surface area contributed by atoms with Crippen LogP contribution in [0.15, 0.2) is 52.1 Å². The molecule has 0 atom stereocenters. The van der Waals surface area contributed by atoms with E-state index in [1.807, 2.05) is 42.8 Å². The predicted octanol–water partition coefficient (Wildman–Crippen LogP) is 3.41. The van der Waals surface area contributed by atoms with E-state index in [9.17, 15) is 8.42 Å². The van der Waals surface area contributed by atoms with Crippen LogP contribution in [-0.2, 0) is 16.6 Å². The molecular weight excluding hydrogens is 330 g/mol. The van der Waals surface area contributed by atoms with Crippen LogP contribution in [0.3, 0.4) is 0 Å². The van der Waals surface area contributed by atoms with E-state index in [2.05, 4.69) is 9.82 Å². The lowest BCUT2D eigenvalue weighted by Gasteiger charge is -2.09. The maximum Gasteiger partial charge on any atom is 0.271 e. The van der Waals surface area contributed by atoms with E-state index < -0.39 is 10.0 Å². The first-order chi connectivity index (χ1) is 10.9. The molecule has 7 heteroatoms. The summed E-state index contributed by atoms with van der Waals surface area (Å²) in [5, 5.41) is 6.17. The van der Waals surface area contributed by atoms with Crippen LogP contribution < -0.4 is 4.72 Å². The predicted molar refractivity (Wildman–Crippen MR) is 92.4 cm³/mol. The van der Waals surface area contributed by atoms with Crippen molar-refractivity contribution in [2.45, 2.75) is 24.6 Å². The lowest BCUT2D eigenvalue weighted by atomic mass is 10.2. The highest BCUT2D eigenvalue weighted by atomic mass is 32.2. The largest absolute Gasteiger partial charge is 0.279 e. The fourth-order valence-electron chi connectivity index (χ4n) is 2.36. The van der Waals surface area contributed by atoms with Crippen molar-refractivity contribution in [1.82, 2.24) is 9.78 Å². The third-order valence-corrected chi connectivity index (χ3v) is 6.15. The summed E-state index contributed by atoms with van der Waals surface area (Å²) in [6, 6.07) is 12.7. The van der Waals surface area contributed by atoms with Crippen LogP contribution in [0.25, 0.3) is 0 Å². The molecule has 0 aliphatic carbocycles. The van der Waals surface area contributed by atoms with E-state index >= 15 is 0 Å². The number of aryl methyl sites for hydroxylation is 2. The zero-order valence-corrected chi connectivity index (χ0v) is 14.5. The maximum absolute atomic E-state index is 12.3. The summed E-state index contributed by atoms with van der Waals surface area (Å²) < 4.78 is 29.4. The Balaban J connectivity index is 1.82. The number of benzene rings is 1. The molecule has 3 rings (SSSR count). The first-order valence-electron chi connectivity index (χ1n) is 7.10. The van der Waals surface area contributed by atoms with Crippen LogP contribution in [0.4, 0.5) is 5.69 Å². The molecule has 0 radical (unpaired) electrons. The zero-order chi connectivity index (χ0) is 16.4. The van der Waals surface area contributed by atoms with Gasteiger partial charge in [0.2, 0.25) is 0 Å². The Kier molecular flexibility index (Phi) is 4.23. The Bertz CT molecular complexity index is 913. The van der Waals surface area contributed by atoms with Gasteiger partial charge in [-0.2, -0.15) is 5.10 Å². The molecule has 0 bridgehead atoms. The zero-order valence-electron chi connectivity index (χ0n) is 12.9. The van der Waals surface area contributed by atoms with Gasteiger partial charge in [0.05, 0.1) is 12.2 Å². The van der Waals surface area contributed by atoms with Crippen LogP contribution in [0.5, 0.6) is 0 Å². The van der Waals surface area contributed by atoms with E-state index in [0.29, 0.717) is 16.4 Å². The van der Waals surface area contributed by atoms with Gasteiger partial charge in [-0.25, -0.2) is 8.42 Å². The van der Waals surface area contributed by atoms with Crippen LogP contribution in [0.1, 0.15) is 17.0 Å². The van der Waals surface area contributed by atoms with Crippen molar-refractivity contribution in [3.63, 3.8) is 0 Å². The number of nitrogens with one attached hydrogen (secondary N) is 1. The van der Waals surface area contributed by atoms with Crippen molar-refractivity contribution in [3.8, 4) is 0 Å². The minimum Gasteiger partial charge on any atom is -0.279 e. The molecule has 0 spiro atoms. The second-order valence-corrected chi connectivity index (χ2v) is 8.18. The van der Waals surface area contributed by atoms with Gasteiger partial charge in [-0.05, 0) is 49.1 Å². The summed E-state index contributed by atoms with van der Waals surface area (Å²) in [6.07, 6.45) is 0. The van der Waals surface area contributed by atoms with Crippen LogP contribution in [0, 0.1) is 13.8 Å². The second kappa shape index (κ2) is 6.17. The van der Waals surface area contributed by atoms with Gasteiger partial charge in [0.1, 0.15) is 4.21 Å². The van der Waals surface area contributed by atoms with Gasteiger partial charge in [-0.15, -0.1) is 11.3 Å². The molecule has 0 fully saturated rings. The van der Waals surface area contributed by atoms with E-state index in [1.54, 1.807) is 23.6 Å². The van der Waals surface area contributed by atoms with Crippen molar-refractivity contribution in [3.05, 3.63) is 64.8 Å². The molecule has 2 aromatic heterocycles. The van der Waals surface area contributed by atoms with Crippen molar-refractivity contribution < 1.29 is 8.42 Å². The van der Waals surface area contributed by atoms with Crippen molar-refractivity contribution in [2.75, 3.05) is 4.72 Å². The Morgan fingerprint density at radius 3 is 2.65 bits per heavy atom. The highest BCUT2D eigenvalue weighted by Gasteiger charge is 2.15. The summed E-state index contributed by atoms with van der Waals surface area (Å²) in [6.45, 7) is 4.56. The topological polar surface area (TPSA) is 64.0 Å². The fourth-order valence-corrected chi connectivity index (χ4v) is 4.41. The molecule has 0 amide bonds. The van der Waals surface area contributed by atoms with Crippen LogP contribution in [-0.4, -0.2) is 18.2 Å². The standard InChI is InChI=1S/C16H17N3O2S2/c1-12-9-13(2)19(17-12)11-14-5-3-6-15(10-14)18-23(20,21)16-7-4-8-22-16/h3-10,18H,11H2,1-2H3. The highest BCUT2D eigenvalue weighted by Crippen LogP contribution is 2.21. The lowest BCUT2D eigenvalue weighted by Crippen LogP contribution is -2.12. The molecule has 23 heavy (non-hydrogen) atoms. The van der Waals surface area contributed by atoms with Gasteiger partial charge in [0.25, 0.3) is 10.0 Å². The molecule has 3 aromatic rings. The third-order valence-electron chi connectivity index (χ3n) is 3.37. The minimum atomic E-state index is -3.52. The number of anilines is 1. The number of aromatic nitrogens is 2. The summed E-state index contributed by atoms with van der Waals surface area (Å²) >= 11 is 1.20. The van der Waals surface area contributed by atoms with Crippen LogP contribution >= 0.6 is 11.3 Å². The highest BCUT2D eigenvalue weighted by molar-refractivity contribution is 7.94. The first kappa shape index (κ1) is 15.8. The van der Waals surface area contributed by atoms with Crippen molar-refractivity contribution in [2.24, 2.45) is 0 Å². The summed E-state index contributed by atoms with van der Waals surface area (Å²) in [4.78, 5) is 0. The molecule has 0 aliphatic rings. The number of hydrogen-bond acceptors (Lipinski definition) is 4. The molecule has 1 aromatic carbocycles.